The highest BCUT2D eigenvalue weighted by Gasteiger charge is 2.12. The number of amides is 1. The number of rotatable bonds is 4. The molecule has 1 aromatic heterocycles. The molecule has 0 fully saturated rings. The molecular formula is C19H16FNO2. The van der Waals surface area contributed by atoms with Crippen molar-refractivity contribution in [2.75, 3.05) is 0 Å². The van der Waals surface area contributed by atoms with Gasteiger partial charge in [-0.15, -0.1) is 0 Å². The van der Waals surface area contributed by atoms with Gasteiger partial charge in [0.1, 0.15) is 17.2 Å². The second-order valence-corrected chi connectivity index (χ2v) is 5.30. The summed E-state index contributed by atoms with van der Waals surface area (Å²) < 4.78 is 18.5. The lowest BCUT2D eigenvalue weighted by Gasteiger charge is -2.09. The molecule has 0 bridgehead atoms. The first-order valence-corrected chi connectivity index (χ1v) is 7.34. The number of halogens is 1. The summed E-state index contributed by atoms with van der Waals surface area (Å²) in [6, 6.07) is 15.3. The van der Waals surface area contributed by atoms with Crippen LogP contribution in [0.25, 0.3) is 17.0 Å². The molecule has 3 nitrogen and oxygen atoms in total. The molecule has 1 unspecified atom stereocenters. The summed E-state index contributed by atoms with van der Waals surface area (Å²) in [5.74, 6) is 0.169. The fraction of sp³-hybridized carbons (Fsp3) is 0.105. The van der Waals surface area contributed by atoms with E-state index in [1.54, 1.807) is 18.2 Å². The monoisotopic (exact) mass is 309 g/mol. The summed E-state index contributed by atoms with van der Waals surface area (Å²) >= 11 is 0. The van der Waals surface area contributed by atoms with Crippen molar-refractivity contribution in [3.8, 4) is 0 Å². The lowest BCUT2D eigenvalue weighted by atomic mass is 10.2. The number of furan rings is 1. The zero-order chi connectivity index (χ0) is 16.2. The molecule has 3 aromatic rings. The van der Waals surface area contributed by atoms with Crippen LogP contribution in [0, 0.1) is 5.82 Å². The Kier molecular flexibility index (Phi) is 4.24. The maximum Gasteiger partial charge on any atom is 0.244 e. The fourth-order valence-electron chi connectivity index (χ4n) is 2.29. The van der Waals surface area contributed by atoms with Gasteiger partial charge in [0.05, 0.1) is 6.04 Å². The largest absolute Gasteiger partial charge is 0.459 e. The lowest BCUT2D eigenvalue weighted by molar-refractivity contribution is -0.117. The molecule has 116 valence electrons. The van der Waals surface area contributed by atoms with Crippen LogP contribution in [-0.2, 0) is 4.79 Å². The zero-order valence-corrected chi connectivity index (χ0v) is 12.6. The molecule has 0 aliphatic heterocycles. The Hall–Kier alpha value is -2.88. The predicted molar refractivity (Wildman–Crippen MR) is 88.2 cm³/mol. The summed E-state index contributed by atoms with van der Waals surface area (Å²) in [6.45, 7) is 1.86. The Morgan fingerprint density at radius 3 is 2.65 bits per heavy atom. The van der Waals surface area contributed by atoms with Crippen LogP contribution in [0.5, 0.6) is 0 Å². The minimum absolute atomic E-state index is 0.234. The average molecular weight is 309 g/mol. The van der Waals surface area contributed by atoms with Crippen LogP contribution < -0.4 is 5.32 Å². The van der Waals surface area contributed by atoms with E-state index < -0.39 is 0 Å². The van der Waals surface area contributed by atoms with Crippen LogP contribution in [0.15, 0.2) is 65.1 Å². The normalized spacial score (nSPS) is 12.6. The van der Waals surface area contributed by atoms with Crippen molar-refractivity contribution in [3.05, 3.63) is 77.8 Å². The molecule has 3 rings (SSSR count). The number of fused-ring (bicyclic) bond motifs is 1. The van der Waals surface area contributed by atoms with E-state index in [9.17, 15) is 9.18 Å². The first-order chi connectivity index (χ1) is 11.1. The fourth-order valence-corrected chi connectivity index (χ4v) is 2.29. The number of hydrogen-bond donors (Lipinski definition) is 1. The lowest BCUT2D eigenvalue weighted by Crippen LogP contribution is -2.24. The predicted octanol–water partition coefficient (Wildman–Crippen LogP) is 4.46. The van der Waals surface area contributed by atoms with Crippen molar-refractivity contribution in [2.45, 2.75) is 13.0 Å². The molecular weight excluding hydrogens is 293 g/mol. The van der Waals surface area contributed by atoms with Crippen molar-refractivity contribution in [3.63, 3.8) is 0 Å². The Morgan fingerprint density at radius 1 is 1.17 bits per heavy atom. The maximum atomic E-state index is 12.8. The van der Waals surface area contributed by atoms with E-state index in [0.29, 0.717) is 5.76 Å². The number of para-hydroxylation sites is 1. The summed E-state index contributed by atoms with van der Waals surface area (Å²) in [4.78, 5) is 12.0. The van der Waals surface area contributed by atoms with Crippen molar-refractivity contribution in [1.29, 1.82) is 0 Å². The number of carbonyl (C=O) groups is 1. The van der Waals surface area contributed by atoms with Gasteiger partial charge >= 0.3 is 0 Å². The molecule has 23 heavy (non-hydrogen) atoms. The molecule has 0 saturated heterocycles. The van der Waals surface area contributed by atoms with Gasteiger partial charge in [-0.3, -0.25) is 4.79 Å². The second kappa shape index (κ2) is 6.48. The molecule has 1 atom stereocenters. The average Bonchev–Trinajstić information content (AvgIpc) is 2.98. The second-order valence-electron chi connectivity index (χ2n) is 5.30. The van der Waals surface area contributed by atoms with Crippen LogP contribution in [0.4, 0.5) is 4.39 Å². The Balaban J connectivity index is 1.65. The summed E-state index contributed by atoms with van der Waals surface area (Å²) in [5.41, 5.74) is 1.56. The highest BCUT2D eigenvalue weighted by molar-refractivity contribution is 5.92. The quantitative estimate of drug-likeness (QED) is 0.723. The third-order valence-electron chi connectivity index (χ3n) is 3.53. The van der Waals surface area contributed by atoms with Gasteiger partial charge in [0.25, 0.3) is 0 Å². The van der Waals surface area contributed by atoms with Crippen LogP contribution in [-0.4, -0.2) is 5.91 Å². The standard InChI is InChI=1S/C19H16FNO2/c1-13(18-12-15-4-2-3-5-17(15)23-18)21-19(22)11-8-14-6-9-16(20)10-7-14/h2-13H,1H3,(H,21,22)/b11-8+. The minimum atomic E-state index is -0.301. The van der Waals surface area contributed by atoms with E-state index in [2.05, 4.69) is 5.32 Å². The summed E-state index contributed by atoms with van der Waals surface area (Å²) in [6.07, 6.45) is 3.06. The van der Waals surface area contributed by atoms with E-state index in [0.717, 1.165) is 16.5 Å². The number of carbonyl (C=O) groups excluding carboxylic acids is 1. The smallest absolute Gasteiger partial charge is 0.244 e. The van der Waals surface area contributed by atoms with Gasteiger partial charge < -0.3 is 9.73 Å². The van der Waals surface area contributed by atoms with Crippen LogP contribution >= 0.6 is 0 Å². The van der Waals surface area contributed by atoms with Gasteiger partial charge in [0.2, 0.25) is 5.91 Å². The SMILES string of the molecule is CC(NC(=O)/C=C/c1ccc(F)cc1)c1cc2ccccc2o1. The molecule has 0 spiro atoms. The molecule has 1 amide bonds. The van der Waals surface area contributed by atoms with E-state index in [-0.39, 0.29) is 17.8 Å². The third kappa shape index (κ3) is 3.66. The molecule has 4 heteroatoms. The highest BCUT2D eigenvalue weighted by atomic mass is 19.1. The van der Waals surface area contributed by atoms with Gasteiger partial charge in [-0.1, -0.05) is 30.3 Å². The molecule has 0 aliphatic carbocycles. The number of nitrogens with one attached hydrogen (secondary N) is 1. The maximum absolute atomic E-state index is 12.8. The van der Waals surface area contributed by atoms with Crippen LogP contribution in [0.2, 0.25) is 0 Å². The van der Waals surface area contributed by atoms with Gasteiger partial charge in [-0.25, -0.2) is 4.39 Å². The summed E-state index contributed by atoms with van der Waals surface area (Å²) in [7, 11) is 0. The van der Waals surface area contributed by atoms with Crippen molar-refractivity contribution in [1.82, 2.24) is 5.32 Å². The van der Waals surface area contributed by atoms with Crippen LogP contribution in [0.3, 0.4) is 0 Å². The molecule has 2 aromatic carbocycles. The highest BCUT2D eigenvalue weighted by Crippen LogP contribution is 2.23. The number of benzene rings is 2. The van der Waals surface area contributed by atoms with Gasteiger partial charge in [-0.05, 0) is 42.8 Å². The Bertz CT molecular complexity index is 816. The van der Waals surface area contributed by atoms with Gasteiger partial charge in [0, 0.05) is 11.5 Å². The zero-order valence-electron chi connectivity index (χ0n) is 12.6. The molecule has 0 radical (unpaired) electrons. The van der Waals surface area contributed by atoms with Crippen molar-refractivity contribution >= 4 is 23.0 Å². The van der Waals surface area contributed by atoms with E-state index >= 15 is 0 Å². The van der Waals surface area contributed by atoms with E-state index in [1.165, 1.54) is 18.2 Å². The first-order valence-electron chi connectivity index (χ1n) is 7.34. The topological polar surface area (TPSA) is 42.2 Å². The molecule has 0 saturated carbocycles. The van der Waals surface area contributed by atoms with Gasteiger partial charge in [-0.2, -0.15) is 0 Å². The van der Waals surface area contributed by atoms with Crippen molar-refractivity contribution < 1.29 is 13.6 Å². The Labute approximate surface area is 133 Å². The minimum Gasteiger partial charge on any atom is -0.459 e. The van der Waals surface area contributed by atoms with Gasteiger partial charge in [0.15, 0.2) is 0 Å². The van der Waals surface area contributed by atoms with E-state index in [1.807, 2.05) is 37.3 Å². The first kappa shape index (κ1) is 15.0. The Morgan fingerprint density at radius 2 is 1.91 bits per heavy atom. The van der Waals surface area contributed by atoms with E-state index in [4.69, 9.17) is 4.42 Å². The third-order valence-corrected chi connectivity index (χ3v) is 3.53. The number of hydrogen-bond acceptors (Lipinski definition) is 2. The summed E-state index contributed by atoms with van der Waals surface area (Å²) in [5, 5.41) is 3.85. The van der Waals surface area contributed by atoms with Crippen LogP contribution in [0.1, 0.15) is 24.3 Å². The molecule has 1 heterocycles. The molecule has 0 aliphatic rings. The van der Waals surface area contributed by atoms with Crippen molar-refractivity contribution in [2.24, 2.45) is 0 Å². The molecule has 1 N–H and O–H groups in total.